The van der Waals surface area contributed by atoms with Crippen LogP contribution in [-0.2, 0) is 0 Å². The third-order valence-electron chi connectivity index (χ3n) is 4.26. The van der Waals surface area contributed by atoms with Crippen LogP contribution in [0.2, 0.25) is 0 Å². The van der Waals surface area contributed by atoms with E-state index in [0.29, 0.717) is 0 Å². The van der Waals surface area contributed by atoms with Crippen LogP contribution < -0.4 is 10.1 Å². The van der Waals surface area contributed by atoms with Gasteiger partial charge in [0, 0.05) is 18.9 Å². The molecule has 5 nitrogen and oxygen atoms in total. The Labute approximate surface area is 145 Å². The number of fused-ring (bicyclic) bond motifs is 1. The molecule has 2 aromatic carbocycles. The number of ether oxygens (including phenoxy) is 1. The van der Waals surface area contributed by atoms with Gasteiger partial charge in [-0.2, -0.15) is 0 Å². The van der Waals surface area contributed by atoms with Crippen LogP contribution in [-0.4, -0.2) is 28.8 Å². The van der Waals surface area contributed by atoms with Crippen LogP contribution in [0.25, 0.3) is 28.2 Å². The molecule has 0 spiro atoms. The van der Waals surface area contributed by atoms with Crippen molar-refractivity contribution in [1.29, 1.82) is 0 Å². The van der Waals surface area contributed by atoms with Gasteiger partial charge in [0.1, 0.15) is 5.75 Å². The summed E-state index contributed by atoms with van der Waals surface area (Å²) in [6.07, 6.45) is 2.06. The summed E-state index contributed by atoms with van der Waals surface area (Å²) < 4.78 is 7.47. The zero-order valence-corrected chi connectivity index (χ0v) is 14.1. The predicted octanol–water partition coefficient (Wildman–Crippen LogP) is 4.11. The van der Waals surface area contributed by atoms with Crippen molar-refractivity contribution in [1.82, 2.24) is 14.6 Å². The normalized spacial score (nSPS) is 10.8. The second-order valence-electron chi connectivity index (χ2n) is 5.70. The maximum atomic E-state index is 5.47. The van der Waals surface area contributed by atoms with Gasteiger partial charge in [-0.3, -0.25) is 4.40 Å². The van der Waals surface area contributed by atoms with Crippen molar-refractivity contribution in [2.75, 3.05) is 19.5 Å². The molecule has 0 aliphatic rings. The van der Waals surface area contributed by atoms with E-state index in [1.165, 1.54) is 0 Å². The first-order chi connectivity index (χ1) is 12.3. The van der Waals surface area contributed by atoms with Gasteiger partial charge in [0.2, 0.25) is 0 Å². The molecule has 124 valence electrons. The van der Waals surface area contributed by atoms with Gasteiger partial charge in [-0.25, -0.2) is 0 Å². The van der Waals surface area contributed by atoms with Crippen molar-refractivity contribution in [3.8, 4) is 28.3 Å². The van der Waals surface area contributed by atoms with Crippen molar-refractivity contribution < 1.29 is 4.74 Å². The van der Waals surface area contributed by atoms with E-state index in [-0.39, 0.29) is 0 Å². The molecule has 0 aliphatic heterocycles. The third-order valence-corrected chi connectivity index (χ3v) is 4.26. The summed E-state index contributed by atoms with van der Waals surface area (Å²) in [4.78, 5) is 0. The number of benzene rings is 2. The van der Waals surface area contributed by atoms with Crippen LogP contribution in [0.5, 0.6) is 5.75 Å². The SMILES string of the molecule is CNc1ccc(-c2ccc3nnc(-c4ccccc4OC)n3c2)cc1. The molecule has 0 fully saturated rings. The zero-order chi connectivity index (χ0) is 17.2. The molecular weight excluding hydrogens is 312 g/mol. The number of nitrogens with one attached hydrogen (secondary N) is 1. The maximum absolute atomic E-state index is 5.47. The largest absolute Gasteiger partial charge is 0.496 e. The van der Waals surface area contributed by atoms with Gasteiger partial charge in [0.15, 0.2) is 11.5 Å². The molecule has 2 heterocycles. The first kappa shape index (κ1) is 15.2. The Bertz CT molecular complexity index is 1020. The van der Waals surface area contributed by atoms with Crippen LogP contribution in [0.15, 0.2) is 66.9 Å². The summed E-state index contributed by atoms with van der Waals surface area (Å²) in [5.74, 6) is 1.54. The van der Waals surface area contributed by atoms with E-state index in [4.69, 9.17) is 4.74 Å². The number of hydrogen-bond donors (Lipinski definition) is 1. The van der Waals surface area contributed by atoms with Gasteiger partial charge < -0.3 is 10.1 Å². The quantitative estimate of drug-likeness (QED) is 0.612. The van der Waals surface area contributed by atoms with Crippen molar-refractivity contribution >= 4 is 11.3 Å². The number of methoxy groups -OCH3 is 1. The van der Waals surface area contributed by atoms with Crippen LogP contribution in [0.1, 0.15) is 0 Å². The predicted molar refractivity (Wildman–Crippen MR) is 100.0 cm³/mol. The Morgan fingerprint density at radius 3 is 2.40 bits per heavy atom. The fourth-order valence-electron chi connectivity index (χ4n) is 2.90. The monoisotopic (exact) mass is 330 g/mol. The Morgan fingerprint density at radius 1 is 0.880 bits per heavy atom. The van der Waals surface area contributed by atoms with E-state index in [0.717, 1.165) is 39.6 Å². The number of anilines is 1. The van der Waals surface area contributed by atoms with E-state index in [9.17, 15) is 0 Å². The topological polar surface area (TPSA) is 51.5 Å². The van der Waals surface area contributed by atoms with Crippen LogP contribution >= 0.6 is 0 Å². The highest BCUT2D eigenvalue weighted by Crippen LogP contribution is 2.30. The number of pyridine rings is 1. The summed E-state index contributed by atoms with van der Waals surface area (Å²) in [5.41, 5.74) is 5.05. The molecule has 25 heavy (non-hydrogen) atoms. The van der Waals surface area contributed by atoms with Gasteiger partial charge in [0.05, 0.1) is 12.7 Å². The number of aromatic nitrogens is 3. The summed E-state index contributed by atoms with van der Waals surface area (Å²) in [5, 5.41) is 11.8. The van der Waals surface area contributed by atoms with Crippen LogP contribution in [0.3, 0.4) is 0 Å². The standard InChI is InChI=1S/C20H18N4O/c1-21-16-10-7-14(8-11-16)15-9-12-19-22-23-20(24(19)13-15)17-5-3-4-6-18(17)25-2/h3-13,21H,1-2H3. The fraction of sp³-hybridized carbons (Fsp3) is 0.100. The fourth-order valence-corrected chi connectivity index (χ4v) is 2.90. The Morgan fingerprint density at radius 2 is 1.64 bits per heavy atom. The van der Waals surface area contributed by atoms with Gasteiger partial charge in [-0.1, -0.05) is 24.3 Å². The van der Waals surface area contributed by atoms with Crippen molar-refractivity contribution in [2.24, 2.45) is 0 Å². The molecule has 2 aromatic heterocycles. The van der Waals surface area contributed by atoms with Crippen LogP contribution in [0.4, 0.5) is 5.69 Å². The zero-order valence-electron chi connectivity index (χ0n) is 14.1. The molecule has 0 unspecified atom stereocenters. The molecule has 4 rings (SSSR count). The minimum absolute atomic E-state index is 0.765. The van der Waals surface area contributed by atoms with E-state index < -0.39 is 0 Å². The molecular formula is C20H18N4O. The number of hydrogen-bond acceptors (Lipinski definition) is 4. The van der Waals surface area contributed by atoms with Gasteiger partial charge in [-0.05, 0) is 47.5 Å². The Kier molecular flexibility index (Phi) is 3.82. The van der Waals surface area contributed by atoms with E-state index in [2.05, 4.69) is 52.0 Å². The molecule has 0 saturated carbocycles. The van der Waals surface area contributed by atoms with Crippen molar-refractivity contribution in [3.05, 3.63) is 66.9 Å². The highest BCUT2D eigenvalue weighted by atomic mass is 16.5. The second kappa shape index (κ2) is 6.28. The number of rotatable bonds is 4. The molecule has 0 atom stereocenters. The lowest BCUT2D eigenvalue weighted by Crippen LogP contribution is -1.94. The summed E-state index contributed by atoms with van der Waals surface area (Å²) >= 11 is 0. The molecule has 4 aromatic rings. The smallest absolute Gasteiger partial charge is 0.172 e. The minimum atomic E-state index is 0.765. The average molecular weight is 330 g/mol. The highest BCUT2D eigenvalue weighted by molar-refractivity contribution is 5.71. The van der Waals surface area contributed by atoms with E-state index in [1.807, 2.05) is 41.8 Å². The lowest BCUT2D eigenvalue weighted by molar-refractivity contribution is 0.416. The van der Waals surface area contributed by atoms with Crippen LogP contribution in [0, 0.1) is 0 Å². The molecule has 5 heteroatoms. The lowest BCUT2D eigenvalue weighted by atomic mass is 10.1. The van der Waals surface area contributed by atoms with E-state index >= 15 is 0 Å². The summed E-state index contributed by atoms with van der Waals surface area (Å²) in [7, 11) is 3.58. The van der Waals surface area contributed by atoms with Gasteiger partial charge in [0.25, 0.3) is 0 Å². The van der Waals surface area contributed by atoms with Crippen molar-refractivity contribution in [3.63, 3.8) is 0 Å². The maximum Gasteiger partial charge on any atom is 0.172 e. The molecule has 0 aliphatic carbocycles. The van der Waals surface area contributed by atoms with Crippen molar-refractivity contribution in [2.45, 2.75) is 0 Å². The number of para-hydroxylation sites is 1. The molecule has 1 N–H and O–H groups in total. The molecule has 0 saturated heterocycles. The second-order valence-corrected chi connectivity index (χ2v) is 5.70. The lowest BCUT2D eigenvalue weighted by Gasteiger charge is -2.08. The molecule has 0 amide bonds. The average Bonchev–Trinajstić information content (AvgIpc) is 3.11. The third kappa shape index (κ3) is 2.70. The van der Waals surface area contributed by atoms with E-state index in [1.54, 1.807) is 7.11 Å². The first-order valence-electron chi connectivity index (χ1n) is 8.06. The minimum Gasteiger partial charge on any atom is -0.496 e. The van der Waals surface area contributed by atoms with Gasteiger partial charge >= 0.3 is 0 Å². The first-order valence-corrected chi connectivity index (χ1v) is 8.06. The highest BCUT2D eigenvalue weighted by Gasteiger charge is 2.13. The Hall–Kier alpha value is -3.34. The summed E-state index contributed by atoms with van der Waals surface area (Å²) in [6.45, 7) is 0. The molecule has 0 radical (unpaired) electrons. The Balaban J connectivity index is 1.85. The summed E-state index contributed by atoms with van der Waals surface area (Å²) in [6, 6.07) is 20.2. The van der Waals surface area contributed by atoms with Gasteiger partial charge in [-0.15, -0.1) is 10.2 Å². The molecule has 0 bridgehead atoms. The number of nitrogens with zero attached hydrogens (tertiary/aromatic N) is 3.